The third-order valence-electron chi connectivity index (χ3n) is 9.09. The van der Waals surface area contributed by atoms with Gasteiger partial charge in [-0.15, -0.1) is 0 Å². The number of fused-ring (bicyclic) bond motifs is 2. The van der Waals surface area contributed by atoms with Crippen molar-refractivity contribution >= 4 is 17.7 Å². The van der Waals surface area contributed by atoms with Crippen LogP contribution in [0.1, 0.15) is 79.1 Å². The minimum absolute atomic E-state index is 0.0428. The van der Waals surface area contributed by atoms with Gasteiger partial charge in [-0.1, -0.05) is 64.3 Å². The molecule has 4 rings (SSSR count). The zero-order chi connectivity index (χ0) is 27.5. The second-order valence-corrected chi connectivity index (χ2v) is 11.5. The van der Waals surface area contributed by atoms with Crippen molar-refractivity contribution in [1.29, 1.82) is 0 Å². The Morgan fingerprint density at radius 3 is 2.34 bits per heavy atom. The maximum atomic E-state index is 14.4. The Balaban J connectivity index is 1.78. The van der Waals surface area contributed by atoms with Gasteiger partial charge in [-0.25, -0.2) is 0 Å². The molecule has 4 heterocycles. The SMILES string of the molecule is CCCC(C)N1CC=C[C@]23O[C@@]4(CC)C=CCN(CCC)C(=O)[C@H]4[C@H]2C(=O)N(CCCCCCO)C3C1=O. The summed E-state index contributed by atoms with van der Waals surface area (Å²) in [5.74, 6) is -1.66. The highest BCUT2D eigenvalue weighted by molar-refractivity contribution is 6.00. The predicted molar refractivity (Wildman–Crippen MR) is 146 cm³/mol. The van der Waals surface area contributed by atoms with E-state index in [9.17, 15) is 14.4 Å². The number of aliphatic hydroxyl groups excluding tert-OH is 1. The number of aliphatic hydroxyl groups is 1. The van der Waals surface area contributed by atoms with Crippen molar-refractivity contribution in [3.05, 3.63) is 24.3 Å². The van der Waals surface area contributed by atoms with Crippen LogP contribution in [0.5, 0.6) is 0 Å². The van der Waals surface area contributed by atoms with Crippen LogP contribution in [0.25, 0.3) is 0 Å². The van der Waals surface area contributed by atoms with E-state index in [0.717, 1.165) is 44.9 Å². The lowest BCUT2D eigenvalue weighted by atomic mass is 9.73. The molecular weight excluding hydrogens is 482 g/mol. The first-order valence-electron chi connectivity index (χ1n) is 14.9. The van der Waals surface area contributed by atoms with Crippen LogP contribution in [0.15, 0.2) is 24.3 Å². The lowest BCUT2D eigenvalue weighted by Crippen LogP contribution is -2.57. The minimum Gasteiger partial charge on any atom is -0.396 e. The lowest BCUT2D eigenvalue weighted by molar-refractivity contribution is -0.155. The van der Waals surface area contributed by atoms with E-state index in [1.165, 1.54) is 0 Å². The average molecular weight is 530 g/mol. The van der Waals surface area contributed by atoms with Gasteiger partial charge in [0.1, 0.15) is 11.6 Å². The Labute approximate surface area is 228 Å². The fraction of sp³-hybridized carbons (Fsp3) is 0.767. The van der Waals surface area contributed by atoms with Crippen LogP contribution in [0.3, 0.4) is 0 Å². The molecule has 3 amide bonds. The van der Waals surface area contributed by atoms with E-state index in [1.807, 2.05) is 41.0 Å². The summed E-state index contributed by atoms with van der Waals surface area (Å²) in [5, 5.41) is 9.16. The van der Waals surface area contributed by atoms with Crippen molar-refractivity contribution in [2.75, 3.05) is 32.8 Å². The van der Waals surface area contributed by atoms with Crippen LogP contribution < -0.4 is 0 Å². The summed E-state index contributed by atoms with van der Waals surface area (Å²) < 4.78 is 7.01. The molecular formula is C30H47N3O5. The third kappa shape index (κ3) is 4.72. The molecule has 0 aromatic carbocycles. The number of rotatable bonds is 12. The second kappa shape index (κ2) is 11.9. The number of carbonyl (C=O) groups excluding carboxylic acids is 3. The van der Waals surface area contributed by atoms with E-state index in [2.05, 4.69) is 20.8 Å². The smallest absolute Gasteiger partial charge is 0.249 e. The molecule has 212 valence electrons. The zero-order valence-electron chi connectivity index (χ0n) is 23.7. The van der Waals surface area contributed by atoms with Crippen molar-refractivity contribution in [1.82, 2.24) is 14.7 Å². The number of unbranched alkanes of at least 4 members (excludes halogenated alkanes) is 3. The van der Waals surface area contributed by atoms with Crippen LogP contribution in [-0.4, -0.2) is 93.6 Å². The van der Waals surface area contributed by atoms with Gasteiger partial charge in [-0.2, -0.15) is 0 Å². The molecule has 0 aromatic rings. The second-order valence-electron chi connectivity index (χ2n) is 11.5. The molecule has 8 nitrogen and oxygen atoms in total. The highest BCUT2D eigenvalue weighted by atomic mass is 16.5. The van der Waals surface area contributed by atoms with Gasteiger partial charge in [-0.05, 0) is 39.0 Å². The number of likely N-dealkylation sites (tertiary alicyclic amines) is 1. The molecule has 0 aliphatic carbocycles. The van der Waals surface area contributed by atoms with Crippen molar-refractivity contribution in [3.8, 4) is 0 Å². The molecule has 2 unspecified atom stereocenters. The summed E-state index contributed by atoms with van der Waals surface area (Å²) in [7, 11) is 0. The Morgan fingerprint density at radius 1 is 0.921 bits per heavy atom. The number of carbonyl (C=O) groups is 3. The first kappa shape index (κ1) is 28.8. The van der Waals surface area contributed by atoms with Crippen LogP contribution in [0.2, 0.25) is 0 Å². The Morgan fingerprint density at radius 2 is 1.66 bits per heavy atom. The molecule has 2 fully saturated rings. The number of hydrogen-bond acceptors (Lipinski definition) is 5. The maximum absolute atomic E-state index is 14.4. The molecule has 0 saturated carbocycles. The van der Waals surface area contributed by atoms with Gasteiger partial charge < -0.3 is 24.5 Å². The fourth-order valence-electron chi connectivity index (χ4n) is 7.26. The standard InChI is InChI=1S/C30H47N3O5/c1-5-14-22(4)32-20-13-16-30-24(27(36)33(25(30)28(32)37)19-10-8-9-11-21-34)23-26(35)31(17-6-2)18-12-15-29(23,7-3)38-30/h12-13,15-16,22-25,34H,5-11,14,17-21H2,1-4H3/t22?,23-,24+,25?,29+,30+/m1/s1. The Kier molecular flexibility index (Phi) is 9.03. The van der Waals surface area contributed by atoms with E-state index in [4.69, 9.17) is 9.84 Å². The monoisotopic (exact) mass is 529 g/mol. The molecule has 4 aliphatic rings. The number of hydrogen-bond donors (Lipinski definition) is 1. The summed E-state index contributed by atoms with van der Waals surface area (Å²) in [6, 6.07) is -0.742. The van der Waals surface area contributed by atoms with Gasteiger partial charge >= 0.3 is 0 Å². The van der Waals surface area contributed by atoms with Gasteiger partial charge in [0.2, 0.25) is 17.7 Å². The van der Waals surface area contributed by atoms with Crippen LogP contribution in [-0.2, 0) is 19.1 Å². The molecule has 8 heteroatoms. The quantitative estimate of drug-likeness (QED) is 0.310. The first-order chi connectivity index (χ1) is 18.3. The lowest BCUT2D eigenvalue weighted by Gasteiger charge is -2.39. The molecule has 1 spiro atoms. The predicted octanol–water partition coefficient (Wildman–Crippen LogP) is 3.30. The minimum atomic E-state index is -1.17. The van der Waals surface area contributed by atoms with Gasteiger partial charge in [-0.3, -0.25) is 14.4 Å². The average Bonchev–Trinajstić information content (AvgIpc) is 3.18. The van der Waals surface area contributed by atoms with Crippen LogP contribution in [0.4, 0.5) is 0 Å². The number of ether oxygens (including phenoxy) is 1. The van der Waals surface area contributed by atoms with Crippen LogP contribution in [0, 0.1) is 11.8 Å². The highest BCUT2D eigenvalue weighted by Crippen LogP contribution is 2.58. The van der Waals surface area contributed by atoms with E-state index < -0.39 is 29.1 Å². The molecule has 4 aliphatic heterocycles. The largest absolute Gasteiger partial charge is 0.396 e. The Bertz CT molecular complexity index is 950. The fourth-order valence-corrected chi connectivity index (χ4v) is 7.26. The molecule has 0 radical (unpaired) electrons. The van der Waals surface area contributed by atoms with Gasteiger partial charge in [0.05, 0.1) is 17.4 Å². The number of nitrogens with zero attached hydrogens (tertiary/aromatic N) is 3. The zero-order valence-corrected chi connectivity index (χ0v) is 23.7. The van der Waals surface area contributed by atoms with E-state index in [0.29, 0.717) is 32.6 Å². The van der Waals surface area contributed by atoms with Crippen molar-refractivity contribution in [2.24, 2.45) is 11.8 Å². The summed E-state index contributed by atoms with van der Waals surface area (Å²) in [6.07, 6.45) is 14.4. The Hall–Kier alpha value is -2.19. The third-order valence-corrected chi connectivity index (χ3v) is 9.09. The van der Waals surface area contributed by atoms with Gasteiger partial charge in [0, 0.05) is 38.8 Å². The van der Waals surface area contributed by atoms with Crippen LogP contribution >= 0.6 is 0 Å². The summed E-state index contributed by atoms with van der Waals surface area (Å²) >= 11 is 0. The van der Waals surface area contributed by atoms with Gasteiger partial charge in [0.15, 0.2) is 0 Å². The van der Waals surface area contributed by atoms with Crippen molar-refractivity contribution < 1.29 is 24.2 Å². The van der Waals surface area contributed by atoms with E-state index in [-0.39, 0.29) is 30.4 Å². The van der Waals surface area contributed by atoms with E-state index in [1.54, 1.807) is 4.90 Å². The normalized spacial score (nSPS) is 33.3. The molecule has 38 heavy (non-hydrogen) atoms. The molecule has 2 saturated heterocycles. The summed E-state index contributed by atoms with van der Waals surface area (Å²) in [5.41, 5.74) is -2.09. The summed E-state index contributed by atoms with van der Waals surface area (Å²) in [6.45, 7) is 10.5. The molecule has 0 aromatic heterocycles. The topological polar surface area (TPSA) is 90.4 Å². The van der Waals surface area contributed by atoms with Crippen molar-refractivity contribution in [3.63, 3.8) is 0 Å². The highest BCUT2D eigenvalue weighted by Gasteiger charge is 2.75. The number of amides is 3. The summed E-state index contributed by atoms with van der Waals surface area (Å²) in [4.78, 5) is 48.3. The molecule has 1 N–H and O–H groups in total. The van der Waals surface area contributed by atoms with Crippen molar-refractivity contribution in [2.45, 2.75) is 102 Å². The van der Waals surface area contributed by atoms with E-state index >= 15 is 0 Å². The maximum Gasteiger partial charge on any atom is 0.249 e. The molecule has 0 bridgehead atoms. The van der Waals surface area contributed by atoms with Gasteiger partial charge in [0.25, 0.3) is 0 Å². The first-order valence-corrected chi connectivity index (χ1v) is 14.9. The molecule has 6 atom stereocenters.